The Labute approximate surface area is 149 Å². The summed E-state index contributed by atoms with van der Waals surface area (Å²) in [5.41, 5.74) is -0.645. The highest BCUT2D eigenvalue weighted by Crippen LogP contribution is 2.33. The van der Waals surface area contributed by atoms with Crippen LogP contribution in [-0.2, 0) is 28.6 Å². The molecule has 1 rings (SSSR count). The topological polar surface area (TPSA) is 90.9 Å². The van der Waals surface area contributed by atoms with Gasteiger partial charge in [-0.2, -0.15) is 0 Å². The lowest BCUT2D eigenvalue weighted by Crippen LogP contribution is -2.47. The standard InChI is InChI=1S/C18H31NO6/c1-10(2)8-13(19-11(3)20)15-12(16(21)23-7)9-14(24-15)17(22)25-18(4,5)6/h10,12-15H,8-9H2,1-7H3,(H,19,20)/t12?,13?,14-,15?/m0/s1. The second kappa shape index (κ2) is 8.65. The molecule has 0 spiro atoms. The van der Waals surface area contributed by atoms with E-state index in [2.05, 4.69) is 5.32 Å². The van der Waals surface area contributed by atoms with Crippen LogP contribution in [0.3, 0.4) is 0 Å². The number of carbonyl (C=O) groups excluding carboxylic acids is 3. The van der Waals surface area contributed by atoms with Crippen molar-refractivity contribution in [2.45, 2.75) is 78.2 Å². The second-order valence-corrected chi connectivity index (χ2v) is 7.92. The first-order chi connectivity index (χ1) is 11.4. The number of esters is 2. The van der Waals surface area contributed by atoms with E-state index in [1.165, 1.54) is 14.0 Å². The third-order valence-corrected chi connectivity index (χ3v) is 3.87. The lowest BCUT2D eigenvalue weighted by Gasteiger charge is -2.29. The van der Waals surface area contributed by atoms with Gasteiger partial charge < -0.3 is 19.5 Å². The molecule has 1 fully saturated rings. The van der Waals surface area contributed by atoms with Crippen molar-refractivity contribution >= 4 is 17.8 Å². The van der Waals surface area contributed by atoms with Crippen molar-refractivity contribution < 1.29 is 28.6 Å². The average molecular weight is 357 g/mol. The summed E-state index contributed by atoms with van der Waals surface area (Å²) in [6, 6.07) is -0.381. The molecule has 0 aromatic carbocycles. The van der Waals surface area contributed by atoms with Crippen molar-refractivity contribution in [2.75, 3.05) is 7.11 Å². The van der Waals surface area contributed by atoms with Crippen molar-refractivity contribution in [1.29, 1.82) is 0 Å². The zero-order chi connectivity index (χ0) is 19.4. The van der Waals surface area contributed by atoms with Gasteiger partial charge in [0.1, 0.15) is 5.60 Å². The lowest BCUT2D eigenvalue weighted by molar-refractivity contribution is -0.168. The normalized spacial score (nSPS) is 24.7. The molecular weight excluding hydrogens is 326 g/mol. The lowest BCUT2D eigenvalue weighted by atomic mass is 9.89. The number of amides is 1. The van der Waals surface area contributed by atoms with Crippen LogP contribution in [-0.4, -0.2) is 48.8 Å². The quantitative estimate of drug-likeness (QED) is 0.729. The zero-order valence-electron chi connectivity index (χ0n) is 16.3. The summed E-state index contributed by atoms with van der Waals surface area (Å²) in [6.45, 7) is 10.8. The highest BCUT2D eigenvalue weighted by atomic mass is 16.6. The van der Waals surface area contributed by atoms with Crippen molar-refractivity contribution in [3.63, 3.8) is 0 Å². The second-order valence-electron chi connectivity index (χ2n) is 7.92. The van der Waals surface area contributed by atoms with Crippen LogP contribution in [0.5, 0.6) is 0 Å². The van der Waals surface area contributed by atoms with Gasteiger partial charge in [0.25, 0.3) is 0 Å². The van der Waals surface area contributed by atoms with Crippen molar-refractivity contribution in [3.05, 3.63) is 0 Å². The highest BCUT2D eigenvalue weighted by molar-refractivity contribution is 5.80. The molecule has 0 aliphatic carbocycles. The Morgan fingerprint density at radius 1 is 1.20 bits per heavy atom. The third-order valence-electron chi connectivity index (χ3n) is 3.87. The van der Waals surface area contributed by atoms with Crippen molar-refractivity contribution in [3.8, 4) is 0 Å². The van der Waals surface area contributed by atoms with Gasteiger partial charge in [0.05, 0.1) is 25.2 Å². The minimum absolute atomic E-state index is 0.181. The van der Waals surface area contributed by atoms with Crippen LogP contribution in [0.2, 0.25) is 0 Å². The average Bonchev–Trinajstić information content (AvgIpc) is 2.88. The fourth-order valence-corrected chi connectivity index (χ4v) is 3.03. The number of methoxy groups -OCH3 is 1. The minimum Gasteiger partial charge on any atom is -0.469 e. The minimum atomic E-state index is -0.850. The summed E-state index contributed by atoms with van der Waals surface area (Å²) < 4.78 is 16.1. The van der Waals surface area contributed by atoms with Crippen LogP contribution in [0.4, 0.5) is 0 Å². The van der Waals surface area contributed by atoms with E-state index in [9.17, 15) is 14.4 Å². The summed E-state index contributed by atoms with van der Waals surface area (Å²) in [5, 5.41) is 2.85. The van der Waals surface area contributed by atoms with E-state index < -0.39 is 35.7 Å². The Bertz CT molecular complexity index is 496. The number of hydrogen-bond donors (Lipinski definition) is 1. The van der Waals surface area contributed by atoms with Gasteiger partial charge in [0.2, 0.25) is 5.91 Å². The van der Waals surface area contributed by atoms with Crippen LogP contribution >= 0.6 is 0 Å². The zero-order valence-corrected chi connectivity index (χ0v) is 16.3. The maximum absolute atomic E-state index is 12.3. The molecule has 0 radical (unpaired) electrons. The Kier molecular flexibility index (Phi) is 7.41. The van der Waals surface area contributed by atoms with Gasteiger partial charge in [-0.1, -0.05) is 13.8 Å². The molecule has 7 heteroatoms. The Hall–Kier alpha value is -1.63. The fourth-order valence-electron chi connectivity index (χ4n) is 3.03. The van der Waals surface area contributed by atoms with Crippen LogP contribution in [0.15, 0.2) is 0 Å². The Balaban J connectivity index is 3.00. The molecule has 3 unspecified atom stereocenters. The van der Waals surface area contributed by atoms with Gasteiger partial charge in [-0.05, 0) is 33.1 Å². The van der Waals surface area contributed by atoms with Crippen LogP contribution in [0, 0.1) is 11.8 Å². The van der Waals surface area contributed by atoms with Crippen molar-refractivity contribution in [1.82, 2.24) is 5.32 Å². The first-order valence-electron chi connectivity index (χ1n) is 8.67. The molecule has 144 valence electrons. The van der Waals surface area contributed by atoms with E-state index in [-0.39, 0.29) is 24.3 Å². The summed E-state index contributed by atoms with van der Waals surface area (Å²) >= 11 is 0. The SMILES string of the molecule is COC(=O)C1C[C@@H](C(=O)OC(C)(C)C)OC1C(CC(C)C)NC(C)=O. The maximum atomic E-state index is 12.3. The van der Waals surface area contributed by atoms with E-state index >= 15 is 0 Å². The molecule has 1 N–H and O–H groups in total. The number of ether oxygens (including phenoxy) is 3. The predicted molar refractivity (Wildman–Crippen MR) is 91.7 cm³/mol. The molecule has 7 nitrogen and oxygen atoms in total. The van der Waals surface area contributed by atoms with Crippen LogP contribution < -0.4 is 5.32 Å². The number of rotatable bonds is 6. The monoisotopic (exact) mass is 357 g/mol. The van der Waals surface area contributed by atoms with Gasteiger partial charge in [0, 0.05) is 13.3 Å². The summed E-state index contributed by atoms with van der Waals surface area (Å²) in [4.78, 5) is 36.1. The van der Waals surface area contributed by atoms with E-state index in [1.807, 2.05) is 13.8 Å². The maximum Gasteiger partial charge on any atom is 0.335 e. The Morgan fingerprint density at radius 3 is 2.24 bits per heavy atom. The van der Waals surface area contributed by atoms with Gasteiger partial charge >= 0.3 is 11.9 Å². The molecular formula is C18H31NO6. The van der Waals surface area contributed by atoms with Gasteiger partial charge in [0.15, 0.2) is 6.10 Å². The first-order valence-corrected chi connectivity index (χ1v) is 8.67. The van der Waals surface area contributed by atoms with Gasteiger partial charge in [-0.25, -0.2) is 4.79 Å². The molecule has 25 heavy (non-hydrogen) atoms. The fraction of sp³-hybridized carbons (Fsp3) is 0.833. The molecule has 0 saturated carbocycles. The smallest absolute Gasteiger partial charge is 0.335 e. The molecule has 1 heterocycles. The Morgan fingerprint density at radius 2 is 1.80 bits per heavy atom. The molecule has 0 bridgehead atoms. The molecule has 1 amide bonds. The molecule has 0 aromatic heterocycles. The summed E-state index contributed by atoms with van der Waals surface area (Å²) in [6.07, 6.45) is -0.674. The van der Waals surface area contributed by atoms with E-state index in [0.29, 0.717) is 6.42 Å². The van der Waals surface area contributed by atoms with Gasteiger partial charge in [-0.15, -0.1) is 0 Å². The largest absolute Gasteiger partial charge is 0.469 e. The van der Waals surface area contributed by atoms with Crippen LogP contribution in [0.1, 0.15) is 54.4 Å². The predicted octanol–water partition coefficient (Wildman–Crippen LogP) is 1.83. The highest BCUT2D eigenvalue weighted by Gasteiger charge is 2.48. The van der Waals surface area contributed by atoms with Gasteiger partial charge in [-0.3, -0.25) is 9.59 Å². The first kappa shape index (κ1) is 21.4. The number of carbonyl (C=O) groups is 3. The molecule has 4 atom stereocenters. The molecule has 1 saturated heterocycles. The molecule has 1 aliphatic rings. The molecule has 0 aromatic rings. The number of hydrogen-bond acceptors (Lipinski definition) is 6. The van der Waals surface area contributed by atoms with E-state index in [1.54, 1.807) is 20.8 Å². The van der Waals surface area contributed by atoms with E-state index in [0.717, 1.165) is 0 Å². The summed E-state index contributed by atoms with van der Waals surface area (Å²) in [7, 11) is 1.30. The van der Waals surface area contributed by atoms with E-state index in [4.69, 9.17) is 14.2 Å². The summed E-state index contributed by atoms with van der Waals surface area (Å²) in [5.74, 6) is -1.51. The number of nitrogens with one attached hydrogen (secondary N) is 1. The molecule has 1 aliphatic heterocycles. The van der Waals surface area contributed by atoms with Crippen LogP contribution in [0.25, 0.3) is 0 Å². The van der Waals surface area contributed by atoms with Crippen molar-refractivity contribution in [2.24, 2.45) is 11.8 Å². The third kappa shape index (κ3) is 6.65.